The van der Waals surface area contributed by atoms with E-state index in [0.717, 1.165) is 5.82 Å². The van der Waals surface area contributed by atoms with Crippen LogP contribution >= 0.6 is 0 Å². The van der Waals surface area contributed by atoms with Crippen LogP contribution in [-0.2, 0) is 11.2 Å². The maximum Gasteiger partial charge on any atom is 0.223 e. The average Bonchev–Trinajstić information content (AvgIpc) is 2.92. The molecule has 7 heteroatoms. The normalized spacial score (nSPS) is 10.2. The first-order valence-corrected chi connectivity index (χ1v) is 6.33. The summed E-state index contributed by atoms with van der Waals surface area (Å²) in [7, 11) is 0. The minimum Gasteiger partial charge on any atom is -0.493 e. The lowest BCUT2D eigenvalue weighted by Crippen LogP contribution is -2.27. The van der Waals surface area contributed by atoms with Crippen molar-refractivity contribution >= 4 is 11.6 Å². The van der Waals surface area contributed by atoms with Crippen molar-refractivity contribution in [3.63, 3.8) is 0 Å². The highest BCUT2D eigenvalue weighted by atomic mass is 16.5. The summed E-state index contributed by atoms with van der Waals surface area (Å²) >= 11 is 0. The molecule has 20 heavy (non-hydrogen) atoms. The van der Waals surface area contributed by atoms with E-state index in [-0.39, 0.29) is 5.91 Å². The van der Waals surface area contributed by atoms with Crippen LogP contribution in [0.25, 0.3) is 0 Å². The van der Waals surface area contributed by atoms with Gasteiger partial charge in [0.2, 0.25) is 5.91 Å². The number of nitrogens with two attached hydrogens (primary N) is 1. The van der Waals surface area contributed by atoms with E-state index in [1.54, 1.807) is 18.2 Å². The number of anilines is 1. The number of H-pyrrole nitrogens is 1. The molecule has 4 N–H and O–H groups in total. The van der Waals surface area contributed by atoms with Gasteiger partial charge in [0.15, 0.2) is 0 Å². The zero-order valence-electron chi connectivity index (χ0n) is 11.0. The molecule has 0 bridgehead atoms. The Bertz CT molecular complexity index is 541. The van der Waals surface area contributed by atoms with Crippen LogP contribution in [0, 0.1) is 0 Å². The minimum absolute atomic E-state index is 0.0616. The van der Waals surface area contributed by atoms with Gasteiger partial charge in [-0.2, -0.15) is 5.10 Å². The van der Waals surface area contributed by atoms with Gasteiger partial charge in [-0.1, -0.05) is 6.07 Å². The summed E-state index contributed by atoms with van der Waals surface area (Å²) < 4.78 is 5.44. The molecule has 0 fully saturated rings. The third kappa shape index (κ3) is 4.60. The maximum atomic E-state index is 11.6. The van der Waals surface area contributed by atoms with E-state index in [2.05, 4.69) is 20.5 Å². The molecule has 0 aliphatic carbocycles. The predicted octanol–water partition coefficient (Wildman–Crippen LogP) is 0.515. The topological polar surface area (TPSA) is 106 Å². The Hall–Kier alpha value is -2.57. The number of benzene rings is 1. The second kappa shape index (κ2) is 7.13. The number of hydrogen-bond donors (Lipinski definition) is 3. The number of amides is 1. The zero-order valence-corrected chi connectivity index (χ0v) is 11.0. The Morgan fingerprint density at radius 3 is 3.10 bits per heavy atom. The number of hydrogen-bond acceptors (Lipinski definition) is 5. The summed E-state index contributed by atoms with van der Waals surface area (Å²) in [5.41, 5.74) is 6.27. The first-order valence-electron chi connectivity index (χ1n) is 6.33. The van der Waals surface area contributed by atoms with Gasteiger partial charge in [-0.15, -0.1) is 0 Å². The number of ether oxygens (including phenoxy) is 1. The second-order valence-corrected chi connectivity index (χ2v) is 4.20. The molecule has 0 saturated heterocycles. The van der Waals surface area contributed by atoms with Crippen LogP contribution in [-0.4, -0.2) is 34.2 Å². The van der Waals surface area contributed by atoms with Crippen molar-refractivity contribution < 1.29 is 9.53 Å². The molecular formula is C13H17N5O2. The van der Waals surface area contributed by atoms with Gasteiger partial charge in [-0.3, -0.25) is 9.89 Å². The molecule has 1 aromatic carbocycles. The van der Waals surface area contributed by atoms with Crippen molar-refractivity contribution in [1.29, 1.82) is 0 Å². The lowest BCUT2D eigenvalue weighted by atomic mass is 10.3. The molecule has 2 rings (SSSR count). The van der Waals surface area contributed by atoms with Crippen molar-refractivity contribution in [1.82, 2.24) is 20.5 Å². The van der Waals surface area contributed by atoms with Crippen LogP contribution < -0.4 is 15.8 Å². The van der Waals surface area contributed by atoms with E-state index < -0.39 is 0 Å². The standard InChI is InChI=1S/C13H17N5O2/c14-10-2-1-3-11(8-10)20-7-5-13(19)15-6-4-12-16-9-17-18-12/h1-3,8-9H,4-7,14H2,(H,15,19)(H,16,17,18). The van der Waals surface area contributed by atoms with Crippen LogP contribution in [0.1, 0.15) is 12.2 Å². The van der Waals surface area contributed by atoms with E-state index in [4.69, 9.17) is 10.5 Å². The Labute approximate surface area is 116 Å². The Morgan fingerprint density at radius 1 is 1.45 bits per heavy atom. The van der Waals surface area contributed by atoms with Crippen molar-refractivity contribution in [2.75, 3.05) is 18.9 Å². The van der Waals surface area contributed by atoms with Crippen LogP contribution in [0.15, 0.2) is 30.6 Å². The molecule has 1 aromatic heterocycles. The molecule has 0 spiro atoms. The summed E-state index contributed by atoms with van der Waals surface area (Å²) in [4.78, 5) is 15.5. The number of carbonyl (C=O) groups is 1. The van der Waals surface area contributed by atoms with Crippen LogP contribution in [0.5, 0.6) is 5.75 Å². The van der Waals surface area contributed by atoms with E-state index in [9.17, 15) is 4.79 Å². The minimum atomic E-state index is -0.0616. The van der Waals surface area contributed by atoms with Gasteiger partial charge in [0.1, 0.15) is 17.9 Å². The Kier molecular flexibility index (Phi) is 4.94. The first-order chi connectivity index (χ1) is 9.74. The van der Waals surface area contributed by atoms with E-state index in [1.165, 1.54) is 6.33 Å². The van der Waals surface area contributed by atoms with Gasteiger partial charge in [0.25, 0.3) is 0 Å². The predicted molar refractivity (Wildman–Crippen MR) is 74.1 cm³/mol. The Morgan fingerprint density at radius 2 is 2.35 bits per heavy atom. The second-order valence-electron chi connectivity index (χ2n) is 4.20. The van der Waals surface area contributed by atoms with Crippen molar-refractivity contribution in [3.05, 3.63) is 36.4 Å². The molecule has 0 aliphatic rings. The highest BCUT2D eigenvalue weighted by Gasteiger charge is 2.03. The SMILES string of the molecule is Nc1cccc(OCCC(=O)NCCc2ncn[nH]2)c1. The number of carbonyl (C=O) groups excluding carboxylic acids is 1. The number of nitrogens with one attached hydrogen (secondary N) is 2. The molecule has 0 saturated carbocycles. The molecule has 2 aromatic rings. The average molecular weight is 275 g/mol. The number of rotatable bonds is 7. The molecule has 0 radical (unpaired) electrons. The maximum absolute atomic E-state index is 11.6. The summed E-state index contributed by atoms with van der Waals surface area (Å²) in [6, 6.07) is 7.12. The monoisotopic (exact) mass is 275 g/mol. The molecular weight excluding hydrogens is 258 g/mol. The number of nitrogen functional groups attached to an aromatic ring is 1. The zero-order chi connectivity index (χ0) is 14.2. The third-order valence-electron chi connectivity index (χ3n) is 2.60. The summed E-state index contributed by atoms with van der Waals surface area (Å²) in [5, 5.41) is 9.25. The molecule has 0 atom stereocenters. The molecule has 7 nitrogen and oxygen atoms in total. The number of nitrogens with zero attached hydrogens (tertiary/aromatic N) is 2. The van der Waals surface area contributed by atoms with E-state index >= 15 is 0 Å². The van der Waals surface area contributed by atoms with Crippen molar-refractivity contribution in [2.45, 2.75) is 12.8 Å². The summed E-state index contributed by atoms with van der Waals surface area (Å²) in [6.07, 6.45) is 2.36. The Balaban J connectivity index is 1.60. The van der Waals surface area contributed by atoms with Gasteiger partial charge in [0, 0.05) is 24.7 Å². The van der Waals surface area contributed by atoms with Crippen molar-refractivity contribution in [3.8, 4) is 5.75 Å². The highest BCUT2D eigenvalue weighted by molar-refractivity contribution is 5.75. The quantitative estimate of drug-likeness (QED) is 0.639. The molecule has 106 valence electrons. The van der Waals surface area contributed by atoms with Gasteiger partial charge in [-0.05, 0) is 12.1 Å². The van der Waals surface area contributed by atoms with Gasteiger partial charge < -0.3 is 15.8 Å². The van der Waals surface area contributed by atoms with Crippen LogP contribution in [0.4, 0.5) is 5.69 Å². The van der Waals surface area contributed by atoms with E-state index in [1.807, 2.05) is 6.07 Å². The number of aromatic amines is 1. The van der Waals surface area contributed by atoms with Gasteiger partial charge >= 0.3 is 0 Å². The van der Waals surface area contributed by atoms with E-state index in [0.29, 0.717) is 37.4 Å². The van der Waals surface area contributed by atoms with Crippen LogP contribution in [0.3, 0.4) is 0 Å². The third-order valence-corrected chi connectivity index (χ3v) is 2.60. The fraction of sp³-hybridized carbons (Fsp3) is 0.308. The van der Waals surface area contributed by atoms with Crippen molar-refractivity contribution in [2.24, 2.45) is 0 Å². The molecule has 1 heterocycles. The molecule has 0 unspecified atom stereocenters. The number of aromatic nitrogens is 3. The molecule has 1 amide bonds. The summed E-state index contributed by atoms with van der Waals surface area (Å²) in [5.74, 6) is 1.36. The lowest BCUT2D eigenvalue weighted by molar-refractivity contribution is -0.121. The largest absolute Gasteiger partial charge is 0.493 e. The fourth-order valence-electron chi connectivity index (χ4n) is 1.63. The molecule has 0 aliphatic heterocycles. The highest BCUT2D eigenvalue weighted by Crippen LogP contribution is 2.14. The summed E-state index contributed by atoms with van der Waals surface area (Å²) in [6.45, 7) is 0.837. The first kappa shape index (κ1) is 13.9. The fourth-order valence-corrected chi connectivity index (χ4v) is 1.63. The van der Waals surface area contributed by atoms with Gasteiger partial charge in [0.05, 0.1) is 13.0 Å². The smallest absolute Gasteiger partial charge is 0.223 e. The van der Waals surface area contributed by atoms with Gasteiger partial charge in [-0.25, -0.2) is 4.98 Å². The van der Waals surface area contributed by atoms with Crippen LogP contribution in [0.2, 0.25) is 0 Å². The lowest BCUT2D eigenvalue weighted by Gasteiger charge is -2.07.